The van der Waals surface area contributed by atoms with Crippen LogP contribution in [0.4, 0.5) is 0 Å². The van der Waals surface area contributed by atoms with Crippen LogP contribution < -0.4 is 0 Å². The predicted molar refractivity (Wildman–Crippen MR) is 72.7 cm³/mol. The molecule has 0 aliphatic carbocycles. The van der Waals surface area contributed by atoms with Crippen molar-refractivity contribution in [2.45, 2.75) is 67.3 Å². The number of hydrogen-bond donors (Lipinski definition) is 0. The molecule has 16 heavy (non-hydrogen) atoms. The second kappa shape index (κ2) is 4.68. The molecule has 0 N–H and O–H groups in total. The van der Waals surface area contributed by atoms with Gasteiger partial charge < -0.3 is 0 Å². The summed E-state index contributed by atoms with van der Waals surface area (Å²) in [5.41, 5.74) is 0.945. The average Bonchev–Trinajstić information content (AvgIpc) is 1.96. The average molecular weight is 225 g/mol. The van der Waals surface area contributed by atoms with Gasteiger partial charge in [-0.2, -0.15) is 0 Å². The fraction of sp³-hybridized carbons (Fsp3) is 1.00. The van der Waals surface area contributed by atoms with E-state index >= 15 is 0 Å². The number of hydrogen-bond acceptors (Lipinski definition) is 1. The summed E-state index contributed by atoms with van der Waals surface area (Å²) in [4.78, 5) is 2.67. The van der Waals surface area contributed by atoms with Gasteiger partial charge in [0.15, 0.2) is 0 Å². The number of nitrogens with zero attached hydrogens (tertiary/aromatic N) is 1. The molecule has 1 saturated heterocycles. The van der Waals surface area contributed by atoms with Crippen molar-refractivity contribution in [2.75, 3.05) is 13.1 Å². The molecule has 1 aliphatic rings. The lowest BCUT2D eigenvalue weighted by molar-refractivity contribution is 0.0445. The first-order valence-corrected chi connectivity index (χ1v) is 6.85. The van der Waals surface area contributed by atoms with Gasteiger partial charge in [0.25, 0.3) is 0 Å². The first-order valence-electron chi connectivity index (χ1n) is 6.85. The van der Waals surface area contributed by atoms with Crippen molar-refractivity contribution < 1.29 is 0 Å². The Balaban J connectivity index is 2.82. The van der Waals surface area contributed by atoms with Crippen LogP contribution in [0.25, 0.3) is 0 Å². The summed E-state index contributed by atoms with van der Waals surface area (Å²) in [5.74, 6) is 0.860. The molecule has 0 radical (unpaired) electrons. The standard InChI is InChI=1S/C15H31N/c1-12(2)16-10-14(4,5)8-13(3)9-15(6,7)11-16/h12-13H,8-11H2,1-7H3. The van der Waals surface area contributed by atoms with Crippen molar-refractivity contribution in [3.63, 3.8) is 0 Å². The zero-order valence-electron chi connectivity index (χ0n) is 12.4. The fourth-order valence-corrected chi connectivity index (χ4v) is 3.61. The summed E-state index contributed by atoms with van der Waals surface area (Å²) in [7, 11) is 0. The van der Waals surface area contributed by atoms with E-state index in [9.17, 15) is 0 Å². The van der Waals surface area contributed by atoms with E-state index in [0.717, 1.165) is 5.92 Å². The minimum atomic E-state index is 0.472. The summed E-state index contributed by atoms with van der Waals surface area (Å²) in [6.45, 7) is 19.3. The second-order valence-electron chi connectivity index (χ2n) is 7.84. The number of rotatable bonds is 1. The minimum absolute atomic E-state index is 0.472. The van der Waals surface area contributed by atoms with Gasteiger partial charge in [0.05, 0.1) is 0 Å². The zero-order valence-corrected chi connectivity index (χ0v) is 12.4. The van der Waals surface area contributed by atoms with Gasteiger partial charge in [0, 0.05) is 19.1 Å². The van der Waals surface area contributed by atoms with Crippen LogP contribution in [-0.2, 0) is 0 Å². The van der Waals surface area contributed by atoms with Gasteiger partial charge in [-0.05, 0) is 43.4 Å². The first kappa shape index (κ1) is 14.0. The molecule has 96 valence electrons. The van der Waals surface area contributed by atoms with E-state index in [-0.39, 0.29) is 0 Å². The molecule has 0 aromatic heterocycles. The molecular weight excluding hydrogens is 194 g/mol. The molecule has 0 amide bonds. The van der Waals surface area contributed by atoms with Gasteiger partial charge in [-0.3, -0.25) is 4.90 Å². The summed E-state index contributed by atoms with van der Waals surface area (Å²) >= 11 is 0. The van der Waals surface area contributed by atoms with Gasteiger partial charge in [-0.1, -0.05) is 34.6 Å². The molecule has 0 bridgehead atoms. The molecule has 0 aromatic rings. The Labute approximate surface area is 103 Å². The van der Waals surface area contributed by atoms with Gasteiger partial charge in [0.1, 0.15) is 0 Å². The molecule has 1 heterocycles. The Morgan fingerprint density at radius 1 is 0.938 bits per heavy atom. The SMILES string of the molecule is CC1CC(C)(C)CN(C(C)C)CC(C)(C)C1. The van der Waals surface area contributed by atoms with Crippen LogP contribution >= 0.6 is 0 Å². The van der Waals surface area contributed by atoms with E-state index in [4.69, 9.17) is 0 Å². The summed E-state index contributed by atoms with van der Waals surface area (Å²) in [6, 6.07) is 0.673. The third-order valence-electron chi connectivity index (χ3n) is 3.79. The quantitative estimate of drug-likeness (QED) is 0.647. The molecule has 0 saturated carbocycles. The normalized spacial score (nSPS) is 27.8. The lowest BCUT2D eigenvalue weighted by Crippen LogP contribution is -2.47. The van der Waals surface area contributed by atoms with Crippen molar-refractivity contribution in [3.8, 4) is 0 Å². The van der Waals surface area contributed by atoms with Gasteiger partial charge in [-0.25, -0.2) is 0 Å². The molecule has 0 spiro atoms. The topological polar surface area (TPSA) is 3.24 Å². The Hall–Kier alpha value is -0.0400. The fourth-order valence-electron chi connectivity index (χ4n) is 3.61. The van der Waals surface area contributed by atoms with Gasteiger partial charge >= 0.3 is 0 Å². The lowest BCUT2D eigenvalue weighted by Gasteiger charge is -2.45. The Kier molecular flexibility index (Phi) is 4.10. The zero-order chi connectivity index (χ0) is 12.6. The summed E-state index contributed by atoms with van der Waals surface area (Å²) in [5, 5.41) is 0. The van der Waals surface area contributed by atoms with E-state index in [2.05, 4.69) is 53.4 Å². The third-order valence-corrected chi connectivity index (χ3v) is 3.79. The molecule has 0 unspecified atom stereocenters. The maximum atomic E-state index is 2.67. The molecule has 1 nitrogen and oxygen atoms in total. The maximum absolute atomic E-state index is 2.67. The Morgan fingerprint density at radius 3 is 1.62 bits per heavy atom. The Bertz CT molecular complexity index is 208. The largest absolute Gasteiger partial charge is 0.300 e. The van der Waals surface area contributed by atoms with E-state index in [0.29, 0.717) is 16.9 Å². The highest BCUT2D eigenvalue weighted by Gasteiger charge is 2.34. The highest BCUT2D eigenvalue weighted by atomic mass is 15.2. The van der Waals surface area contributed by atoms with E-state index < -0.39 is 0 Å². The molecular formula is C15H31N. The predicted octanol–water partition coefficient (Wildman–Crippen LogP) is 4.18. The first-order chi connectivity index (χ1) is 7.11. The van der Waals surface area contributed by atoms with E-state index in [1.165, 1.54) is 25.9 Å². The second-order valence-corrected chi connectivity index (χ2v) is 7.84. The molecule has 1 rings (SSSR count). The van der Waals surface area contributed by atoms with Crippen LogP contribution in [0.3, 0.4) is 0 Å². The van der Waals surface area contributed by atoms with Crippen molar-refractivity contribution in [1.82, 2.24) is 4.90 Å². The monoisotopic (exact) mass is 225 g/mol. The van der Waals surface area contributed by atoms with Gasteiger partial charge in [0.2, 0.25) is 0 Å². The lowest BCUT2D eigenvalue weighted by atomic mass is 9.73. The van der Waals surface area contributed by atoms with Crippen LogP contribution in [0.15, 0.2) is 0 Å². The van der Waals surface area contributed by atoms with Crippen LogP contribution in [0.2, 0.25) is 0 Å². The minimum Gasteiger partial charge on any atom is -0.300 e. The number of likely N-dealkylation sites (tertiary alicyclic amines) is 1. The van der Waals surface area contributed by atoms with Crippen LogP contribution in [-0.4, -0.2) is 24.0 Å². The van der Waals surface area contributed by atoms with Crippen molar-refractivity contribution in [2.24, 2.45) is 16.7 Å². The van der Waals surface area contributed by atoms with Crippen molar-refractivity contribution in [1.29, 1.82) is 0 Å². The van der Waals surface area contributed by atoms with Crippen LogP contribution in [0.5, 0.6) is 0 Å². The molecule has 0 aromatic carbocycles. The van der Waals surface area contributed by atoms with E-state index in [1.807, 2.05) is 0 Å². The third kappa shape index (κ3) is 4.08. The highest BCUT2D eigenvalue weighted by molar-refractivity contribution is 4.86. The van der Waals surface area contributed by atoms with Crippen molar-refractivity contribution >= 4 is 0 Å². The van der Waals surface area contributed by atoms with Crippen LogP contribution in [0.1, 0.15) is 61.3 Å². The molecule has 1 heteroatoms. The molecule has 0 atom stereocenters. The van der Waals surface area contributed by atoms with Crippen LogP contribution in [0, 0.1) is 16.7 Å². The summed E-state index contributed by atoms with van der Waals surface area (Å²) < 4.78 is 0. The maximum Gasteiger partial charge on any atom is 0.00390 e. The Morgan fingerprint density at radius 2 is 1.31 bits per heavy atom. The van der Waals surface area contributed by atoms with Crippen molar-refractivity contribution in [3.05, 3.63) is 0 Å². The van der Waals surface area contributed by atoms with Gasteiger partial charge in [-0.15, -0.1) is 0 Å². The van der Waals surface area contributed by atoms with E-state index in [1.54, 1.807) is 0 Å². The smallest absolute Gasteiger partial charge is 0.00390 e. The molecule has 1 fully saturated rings. The summed E-state index contributed by atoms with van der Waals surface area (Å²) in [6.07, 6.45) is 2.72. The highest BCUT2D eigenvalue weighted by Crippen LogP contribution is 2.38. The molecule has 1 aliphatic heterocycles.